The van der Waals surface area contributed by atoms with Gasteiger partial charge in [0, 0.05) is 50.4 Å². The molecular formula is C21H25N3O3. The fourth-order valence-corrected chi connectivity index (χ4v) is 3.21. The number of rotatable bonds is 8. The second-order valence-electron chi connectivity index (χ2n) is 6.54. The maximum Gasteiger partial charge on any atom is 0.220 e. The highest BCUT2D eigenvalue weighted by Crippen LogP contribution is 2.20. The number of hydrogen-bond donors (Lipinski definition) is 1. The van der Waals surface area contributed by atoms with Gasteiger partial charge in [0.1, 0.15) is 0 Å². The number of nitrogens with one attached hydrogen (secondary N) is 1. The van der Waals surface area contributed by atoms with E-state index < -0.39 is 0 Å². The van der Waals surface area contributed by atoms with Crippen molar-refractivity contribution in [3.63, 3.8) is 0 Å². The topological polar surface area (TPSA) is 71.5 Å². The number of amides is 1. The Hall–Kier alpha value is -2.57. The molecule has 2 heterocycles. The van der Waals surface area contributed by atoms with Gasteiger partial charge in [-0.25, -0.2) is 0 Å². The summed E-state index contributed by atoms with van der Waals surface area (Å²) in [5, 5.41) is 2.98. The summed E-state index contributed by atoms with van der Waals surface area (Å²) in [6.45, 7) is 3.51. The van der Waals surface area contributed by atoms with Gasteiger partial charge in [-0.1, -0.05) is 36.4 Å². The minimum atomic E-state index is -0.110. The van der Waals surface area contributed by atoms with Crippen LogP contribution >= 0.6 is 0 Å². The van der Waals surface area contributed by atoms with Gasteiger partial charge in [-0.2, -0.15) is 0 Å². The molecule has 6 nitrogen and oxygen atoms in total. The van der Waals surface area contributed by atoms with Gasteiger partial charge in [0.15, 0.2) is 5.78 Å². The van der Waals surface area contributed by atoms with Crippen molar-refractivity contribution in [1.82, 2.24) is 15.2 Å². The molecule has 1 atom stereocenters. The van der Waals surface area contributed by atoms with E-state index >= 15 is 0 Å². The van der Waals surface area contributed by atoms with Gasteiger partial charge in [-0.05, 0) is 11.6 Å². The van der Waals surface area contributed by atoms with Crippen LogP contribution in [0.1, 0.15) is 34.8 Å². The Kier molecular flexibility index (Phi) is 7.07. The van der Waals surface area contributed by atoms with Gasteiger partial charge in [0.25, 0.3) is 0 Å². The molecule has 1 aliphatic heterocycles. The van der Waals surface area contributed by atoms with Crippen LogP contribution in [-0.2, 0) is 9.53 Å². The first kappa shape index (κ1) is 19.2. The Bertz CT molecular complexity index is 731. The smallest absolute Gasteiger partial charge is 0.220 e. The molecule has 2 aromatic rings. The molecule has 3 rings (SSSR count). The first-order valence-corrected chi connectivity index (χ1v) is 9.30. The zero-order chi connectivity index (χ0) is 18.9. The lowest BCUT2D eigenvalue weighted by molar-refractivity contribution is -0.121. The van der Waals surface area contributed by atoms with Crippen LogP contribution in [0.5, 0.6) is 0 Å². The summed E-state index contributed by atoms with van der Waals surface area (Å²) < 4.78 is 5.44. The molecule has 1 fully saturated rings. The molecular weight excluding hydrogens is 342 g/mol. The number of benzene rings is 1. The molecule has 1 aromatic carbocycles. The Morgan fingerprint density at radius 1 is 1.07 bits per heavy atom. The number of ether oxygens (including phenoxy) is 1. The highest BCUT2D eigenvalue weighted by atomic mass is 16.5. The fraction of sp³-hybridized carbons (Fsp3) is 0.381. The SMILES string of the molecule is O=C(CCC(=O)c1ccccc1)NCC(c1cccnc1)N1CCOCC1. The van der Waals surface area contributed by atoms with Gasteiger partial charge in [0.2, 0.25) is 5.91 Å². The van der Waals surface area contributed by atoms with Crippen LogP contribution < -0.4 is 5.32 Å². The number of carbonyl (C=O) groups is 2. The fourth-order valence-electron chi connectivity index (χ4n) is 3.21. The van der Waals surface area contributed by atoms with Gasteiger partial charge < -0.3 is 10.1 Å². The first-order valence-electron chi connectivity index (χ1n) is 9.30. The number of carbonyl (C=O) groups excluding carboxylic acids is 2. The van der Waals surface area contributed by atoms with Crippen LogP contribution in [0.2, 0.25) is 0 Å². The number of pyridine rings is 1. The molecule has 1 aromatic heterocycles. The number of ketones is 1. The van der Waals surface area contributed by atoms with Crippen LogP contribution in [0, 0.1) is 0 Å². The average molecular weight is 367 g/mol. The predicted octanol–water partition coefficient (Wildman–Crippen LogP) is 2.23. The molecule has 1 saturated heterocycles. The van der Waals surface area contributed by atoms with Crippen molar-refractivity contribution in [2.24, 2.45) is 0 Å². The lowest BCUT2D eigenvalue weighted by Gasteiger charge is -2.34. The van der Waals surface area contributed by atoms with E-state index in [1.54, 1.807) is 18.3 Å². The summed E-state index contributed by atoms with van der Waals surface area (Å²) in [7, 11) is 0. The summed E-state index contributed by atoms with van der Waals surface area (Å²) in [6, 6.07) is 13.1. The summed E-state index contributed by atoms with van der Waals surface area (Å²) in [5.74, 6) is -0.121. The molecule has 0 bridgehead atoms. The van der Waals surface area contributed by atoms with Gasteiger partial charge >= 0.3 is 0 Å². The zero-order valence-corrected chi connectivity index (χ0v) is 15.3. The molecule has 6 heteroatoms. The van der Waals surface area contributed by atoms with Gasteiger partial charge in [-0.3, -0.25) is 19.5 Å². The molecule has 0 aliphatic carbocycles. The average Bonchev–Trinajstić information content (AvgIpc) is 2.74. The van der Waals surface area contributed by atoms with E-state index in [-0.39, 0.29) is 30.6 Å². The van der Waals surface area contributed by atoms with Crippen molar-refractivity contribution in [2.75, 3.05) is 32.8 Å². The third-order valence-corrected chi connectivity index (χ3v) is 4.72. The summed E-state index contributed by atoms with van der Waals surface area (Å²) in [6.07, 6.45) is 3.99. The number of morpholine rings is 1. The van der Waals surface area contributed by atoms with Crippen molar-refractivity contribution in [3.8, 4) is 0 Å². The second kappa shape index (κ2) is 9.94. The molecule has 1 N–H and O–H groups in total. The molecule has 27 heavy (non-hydrogen) atoms. The highest BCUT2D eigenvalue weighted by molar-refractivity contribution is 5.97. The van der Waals surface area contributed by atoms with E-state index in [0.717, 1.165) is 18.7 Å². The minimum Gasteiger partial charge on any atom is -0.379 e. The molecule has 142 valence electrons. The van der Waals surface area contributed by atoms with E-state index in [9.17, 15) is 9.59 Å². The second-order valence-corrected chi connectivity index (χ2v) is 6.54. The van der Waals surface area contributed by atoms with E-state index in [2.05, 4.69) is 15.2 Å². The first-order chi connectivity index (χ1) is 13.2. The highest BCUT2D eigenvalue weighted by Gasteiger charge is 2.23. The van der Waals surface area contributed by atoms with E-state index in [1.807, 2.05) is 36.5 Å². The molecule has 1 aliphatic rings. The number of nitrogens with zero attached hydrogens (tertiary/aromatic N) is 2. The van der Waals surface area contributed by atoms with E-state index in [0.29, 0.717) is 25.3 Å². The van der Waals surface area contributed by atoms with Crippen molar-refractivity contribution in [1.29, 1.82) is 0 Å². The molecule has 1 unspecified atom stereocenters. The molecule has 0 saturated carbocycles. The third kappa shape index (κ3) is 5.70. The number of hydrogen-bond acceptors (Lipinski definition) is 5. The van der Waals surface area contributed by atoms with Crippen LogP contribution in [0.4, 0.5) is 0 Å². The Morgan fingerprint density at radius 3 is 2.56 bits per heavy atom. The van der Waals surface area contributed by atoms with E-state index in [1.165, 1.54) is 0 Å². The Labute approximate surface area is 159 Å². The monoisotopic (exact) mass is 367 g/mol. The van der Waals surface area contributed by atoms with Gasteiger partial charge in [0.05, 0.1) is 19.3 Å². The zero-order valence-electron chi connectivity index (χ0n) is 15.3. The maximum atomic E-state index is 12.3. The lowest BCUT2D eigenvalue weighted by atomic mass is 10.1. The Morgan fingerprint density at radius 2 is 1.85 bits per heavy atom. The largest absolute Gasteiger partial charge is 0.379 e. The van der Waals surface area contributed by atoms with Crippen molar-refractivity contribution < 1.29 is 14.3 Å². The lowest BCUT2D eigenvalue weighted by Crippen LogP contribution is -2.43. The maximum absolute atomic E-state index is 12.3. The summed E-state index contributed by atoms with van der Waals surface area (Å²) in [4.78, 5) is 30.9. The molecule has 1 amide bonds. The van der Waals surface area contributed by atoms with Crippen LogP contribution in [0.15, 0.2) is 54.9 Å². The summed E-state index contributed by atoms with van der Waals surface area (Å²) >= 11 is 0. The standard InChI is InChI=1S/C21H25N3O3/c25-20(17-5-2-1-3-6-17)8-9-21(26)23-16-19(18-7-4-10-22-15-18)24-11-13-27-14-12-24/h1-7,10,15,19H,8-9,11-14,16H2,(H,23,26). The van der Waals surface area contributed by atoms with Crippen LogP contribution in [0.3, 0.4) is 0 Å². The van der Waals surface area contributed by atoms with E-state index in [4.69, 9.17) is 4.74 Å². The Balaban J connectivity index is 1.53. The predicted molar refractivity (Wildman–Crippen MR) is 102 cm³/mol. The number of Topliss-reactive ketones (excluding diaryl/α,β-unsaturated/α-hetero) is 1. The van der Waals surface area contributed by atoms with Crippen LogP contribution in [0.25, 0.3) is 0 Å². The quantitative estimate of drug-likeness (QED) is 0.725. The minimum absolute atomic E-state index is 0.0114. The molecule has 0 radical (unpaired) electrons. The van der Waals surface area contributed by atoms with Crippen molar-refractivity contribution >= 4 is 11.7 Å². The normalized spacial score (nSPS) is 15.9. The van der Waals surface area contributed by atoms with Gasteiger partial charge in [-0.15, -0.1) is 0 Å². The molecule has 0 spiro atoms. The summed E-state index contributed by atoms with van der Waals surface area (Å²) in [5.41, 5.74) is 1.71. The number of aromatic nitrogens is 1. The third-order valence-electron chi connectivity index (χ3n) is 4.72. The van der Waals surface area contributed by atoms with Crippen molar-refractivity contribution in [2.45, 2.75) is 18.9 Å². The van der Waals surface area contributed by atoms with Crippen LogP contribution in [-0.4, -0.2) is 54.4 Å². The van der Waals surface area contributed by atoms with Crippen molar-refractivity contribution in [3.05, 3.63) is 66.0 Å².